The standard InChI is InChI=1S/C15H11NO4S/c1-8-6-12(21-13(8)15(18)19)16-14(17)10-7-20-11-5-3-2-4-9(10)11/h2-7H,1H3,(H,16,17)(H,18,19). The summed E-state index contributed by atoms with van der Waals surface area (Å²) < 4.78 is 5.32. The molecule has 0 saturated heterocycles. The molecule has 0 aliphatic carbocycles. The lowest BCUT2D eigenvalue weighted by Crippen LogP contribution is -2.10. The van der Waals surface area contributed by atoms with E-state index in [0.29, 0.717) is 21.7 Å². The molecule has 106 valence electrons. The molecule has 2 N–H and O–H groups in total. The number of aryl methyl sites for hydroxylation is 1. The number of amides is 1. The van der Waals surface area contributed by atoms with Crippen LogP contribution in [0.1, 0.15) is 25.6 Å². The normalized spacial score (nSPS) is 10.7. The van der Waals surface area contributed by atoms with Crippen LogP contribution in [-0.2, 0) is 0 Å². The van der Waals surface area contributed by atoms with E-state index in [1.165, 1.54) is 6.26 Å². The maximum absolute atomic E-state index is 12.3. The average molecular weight is 301 g/mol. The molecule has 2 aromatic heterocycles. The average Bonchev–Trinajstić information content (AvgIpc) is 3.02. The number of thiophene rings is 1. The lowest BCUT2D eigenvalue weighted by atomic mass is 10.1. The maximum atomic E-state index is 12.3. The summed E-state index contributed by atoms with van der Waals surface area (Å²) in [5.74, 6) is -1.31. The van der Waals surface area contributed by atoms with Crippen molar-refractivity contribution in [1.29, 1.82) is 0 Å². The predicted octanol–water partition coefficient (Wildman–Crippen LogP) is 3.75. The molecule has 2 heterocycles. The number of aromatic carboxylic acids is 1. The van der Waals surface area contributed by atoms with Gasteiger partial charge in [0.2, 0.25) is 0 Å². The van der Waals surface area contributed by atoms with Gasteiger partial charge in [-0.25, -0.2) is 4.79 Å². The minimum atomic E-state index is -0.994. The molecule has 1 aromatic carbocycles. The summed E-state index contributed by atoms with van der Waals surface area (Å²) in [7, 11) is 0. The Morgan fingerprint density at radius 1 is 1.29 bits per heavy atom. The summed E-state index contributed by atoms with van der Waals surface area (Å²) in [5.41, 5.74) is 1.68. The highest BCUT2D eigenvalue weighted by molar-refractivity contribution is 7.18. The minimum Gasteiger partial charge on any atom is -0.477 e. The number of carbonyl (C=O) groups is 2. The second kappa shape index (κ2) is 5.06. The molecule has 0 fully saturated rings. The Kier molecular flexibility index (Phi) is 3.23. The number of carboxylic acid groups (broad SMARTS) is 1. The quantitative estimate of drug-likeness (QED) is 0.772. The molecule has 21 heavy (non-hydrogen) atoms. The molecule has 3 aromatic rings. The van der Waals surface area contributed by atoms with Crippen LogP contribution in [0.5, 0.6) is 0 Å². The lowest BCUT2D eigenvalue weighted by Gasteiger charge is -1.99. The first-order chi connectivity index (χ1) is 10.1. The van der Waals surface area contributed by atoms with Gasteiger partial charge in [-0.2, -0.15) is 0 Å². The highest BCUT2D eigenvalue weighted by Gasteiger charge is 2.17. The maximum Gasteiger partial charge on any atom is 0.346 e. The van der Waals surface area contributed by atoms with Crippen molar-refractivity contribution >= 4 is 39.2 Å². The van der Waals surface area contributed by atoms with Crippen molar-refractivity contribution in [2.24, 2.45) is 0 Å². The molecule has 0 aliphatic heterocycles. The van der Waals surface area contributed by atoms with Crippen molar-refractivity contribution in [3.8, 4) is 0 Å². The van der Waals surface area contributed by atoms with E-state index < -0.39 is 5.97 Å². The molecule has 0 saturated carbocycles. The zero-order valence-electron chi connectivity index (χ0n) is 11.0. The van der Waals surface area contributed by atoms with Crippen LogP contribution < -0.4 is 5.32 Å². The Bertz CT molecular complexity index is 846. The number of fused-ring (bicyclic) bond motifs is 1. The summed E-state index contributed by atoms with van der Waals surface area (Å²) in [6.07, 6.45) is 1.40. The second-order valence-electron chi connectivity index (χ2n) is 4.53. The summed E-state index contributed by atoms with van der Waals surface area (Å²) in [4.78, 5) is 23.5. The molecule has 0 spiro atoms. The monoisotopic (exact) mass is 301 g/mol. The number of carbonyl (C=O) groups excluding carboxylic acids is 1. The third kappa shape index (κ3) is 2.41. The van der Waals surface area contributed by atoms with Gasteiger partial charge in [0.1, 0.15) is 16.7 Å². The van der Waals surface area contributed by atoms with Gasteiger partial charge in [0.05, 0.1) is 10.6 Å². The van der Waals surface area contributed by atoms with Gasteiger partial charge in [-0.1, -0.05) is 18.2 Å². The number of furan rings is 1. The van der Waals surface area contributed by atoms with E-state index in [4.69, 9.17) is 9.52 Å². The fourth-order valence-electron chi connectivity index (χ4n) is 2.09. The third-order valence-corrected chi connectivity index (χ3v) is 4.21. The van der Waals surface area contributed by atoms with Gasteiger partial charge in [-0.05, 0) is 24.6 Å². The third-order valence-electron chi connectivity index (χ3n) is 3.07. The van der Waals surface area contributed by atoms with Gasteiger partial charge in [-0.15, -0.1) is 11.3 Å². The summed E-state index contributed by atoms with van der Waals surface area (Å²) >= 11 is 1.04. The Hall–Kier alpha value is -2.60. The SMILES string of the molecule is Cc1cc(NC(=O)c2coc3ccccc23)sc1C(=O)O. The molecular formula is C15H11NO4S. The van der Waals surface area contributed by atoms with Gasteiger partial charge in [0.15, 0.2) is 0 Å². The number of benzene rings is 1. The Labute approximate surface area is 123 Å². The van der Waals surface area contributed by atoms with Gasteiger partial charge in [0.25, 0.3) is 5.91 Å². The van der Waals surface area contributed by atoms with E-state index in [-0.39, 0.29) is 10.8 Å². The molecule has 5 nitrogen and oxygen atoms in total. The fraction of sp³-hybridized carbons (Fsp3) is 0.0667. The van der Waals surface area contributed by atoms with Gasteiger partial charge in [-0.3, -0.25) is 4.79 Å². The van der Waals surface area contributed by atoms with Crippen LogP contribution in [0.25, 0.3) is 11.0 Å². The van der Waals surface area contributed by atoms with Gasteiger partial charge < -0.3 is 14.8 Å². The zero-order valence-corrected chi connectivity index (χ0v) is 11.9. The van der Waals surface area contributed by atoms with Crippen LogP contribution in [0.15, 0.2) is 41.0 Å². The van der Waals surface area contributed by atoms with Crippen molar-refractivity contribution in [3.63, 3.8) is 0 Å². The summed E-state index contributed by atoms with van der Waals surface area (Å²) in [6.45, 7) is 1.70. The van der Waals surface area contributed by atoms with E-state index >= 15 is 0 Å². The number of hydrogen-bond acceptors (Lipinski definition) is 4. The van der Waals surface area contributed by atoms with Crippen LogP contribution in [0.2, 0.25) is 0 Å². The molecule has 0 unspecified atom stereocenters. The smallest absolute Gasteiger partial charge is 0.346 e. The molecule has 0 radical (unpaired) electrons. The number of nitrogens with one attached hydrogen (secondary N) is 1. The van der Waals surface area contributed by atoms with Crippen LogP contribution in [0.4, 0.5) is 5.00 Å². The van der Waals surface area contributed by atoms with E-state index in [2.05, 4.69) is 5.32 Å². The molecule has 0 atom stereocenters. The van der Waals surface area contributed by atoms with Crippen LogP contribution in [0.3, 0.4) is 0 Å². The first-order valence-corrected chi connectivity index (χ1v) is 6.99. The predicted molar refractivity (Wildman–Crippen MR) is 80.2 cm³/mol. The van der Waals surface area contributed by atoms with Crippen molar-refractivity contribution in [2.75, 3.05) is 5.32 Å². The van der Waals surface area contributed by atoms with Crippen molar-refractivity contribution < 1.29 is 19.1 Å². The van der Waals surface area contributed by atoms with Crippen LogP contribution in [-0.4, -0.2) is 17.0 Å². The number of anilines is 1. The summed E-state index contributed by atoms with van der Waals surface area (Å²) in [6, 6.07) is 8.88. The van der Waals surface area contributed by atoms with E-state index in [0.717, 1.165) is 16.7 Å². The largest absolute Gasteiger partial charge is 0.477 e. The van der Waals surface area contributed by atoms with Crippen molar-refractivity contribution in [2.45, 2.75) is 6.92 Å². The van der Waals surface area contributed by atoms with Gasteiger partial charge in [0, 0.05) is 5.39 Å². The number of para-hydroxylation sites is 1. The molecule has 0 aliphatic rings. The van der Waals surface area contributed by atoms with Crippen LogP contribution in [0, 0.1) is 6.92 Å². The zero-order chi connectivity index (χ0) is 15.0. The van der Waals surface area contributed by atoms with Crippen molar-refractivity contribution in [1.82, 2.24) is 0 Å². The highest BCUT2D eigenvalue weighted by atomic mass is 32.1. The first-order valence-electron chi connectivity index (χ1n) is 6.17. The van der Waals surface area contributed by atoms with E-state index in [9.17, 15) is 9.59 Å². The van der Waals surface area contributed by atoms with E-state index in [1.54, 1.807) is 25.1 Å². The Morgan fingerprint density at radius 3 is 2.76 bits per heavy atom. The van der Waals surface area contributed by atoms with Crippen LogP contribution >= 0.6 is 11.3 Å². The highest BCUT2D eigenvalue weighted by Crippen LogP contribution is 2.28. The van der Waals surface area contributed by atoms with E-state index in [1.807, 2.05) is 12.1 Å². The van der Waals surface area contributed by atoms with Crippen molar-refractivity contribution in [3.05, 3.63) is 52.6 Å². The summed E-state index contributed by atoms with van der Waals surface area (Å²) in [5, 5.41) is 13.0. The first kappa shape index (κ1) is 13.4. The fourth-order valence-corrected chi connectivity index (χ4v) is 3.00. The Morgan fingerprint density at radius 2 is 2.05 bits per heavy atom. The molecule has 0 bridgehead atoms. The number of carboxylic acids is 1. The topological polar surface area (TPSA) is 79.5 Å². The molecular weight excluding hydrogens is 290 g/mol. The van der Waals surface area contributed by atoms with Gasteiger partial charge >= 0.3 is 5.97 Å². The second-order valence-corrected chi connectivity index (χ2v) is 5.58. The Balaban J connectivity index is 1.90. The number of hydrogen-bond donors (Lipinski definition) is 2. The molecule has 6 heteroatoms. The molecule has 1 amide bonds. The lowest BCUT2D eigenvalue weighted by molar-refractivity contribution is 0.0701. The molecule has 3 rings (SSSR count). The minimum absolute atomic E-state index is 0.224. The number of rotatable bonds is 3.